The van der Waals surface area contributed by atoms with E-state index < -0.39 is 5.91 Å². The molecule has 3 aromatic rings. The summed E-state index contributed by atoms with van der Waals surface area (Å²) in [5.41, 5.74) is 1.93. The van der Waals surface area contributed by atoms with Crippen LogP contribution in [0.3, 0.4) is 0 Å². The summed E-state index contributed by atoms with van der Waals surface area (Å²) in [5.74, 6) is -0.332. The molecule has 0 aliphatic rings. The summed E-state index contributed by atoms with van der Waals surface area (Å²) in [6.45, 7) is 6.01. The maximum atomic E-state index is 12.8. The zero-order valence-electron chi connectivity index (χ0n) is 16.8. The van der Waals surface area contributed by atoms with Gasteiger partial charge in [0.05, 0.1) is 18.9 Å². The van der Waals surface area contributed by atoms with Gasteiger partial charge in [-0.05, 0) is 50.2 Å². The molecule has 29 heavy (non-hydrogen) atoms. The van der Waals surface area contributed by atoms with Crippen LogP contribution in [0, 0.1) is 0 Å². The Morgan fingerprint density at radius 3 is 2.31 bits per heavy atom. The van der Waals surface area contributed by atoms with Gasteiger partial charge in [0, 0.05) is 24.5 Å². The molecule has 2 aromatic carbocycles. The molecule has 0 spiro atoms. The Labute approximate surface area is 169 Å². The lowest BCUT2D eigenvalue weighted by molar-refractivity contribution is 0.101. The van der Waals surface area contributed by atoms with E-state index >= 15 is 0 Å². The van der Waals surface area contributed by atoms with Gasteiger partial charge in [-0.15, -0.1) is 0 Å². The number of anilines is 2. The van der Waals surface area contributed by atoms with Crippen molar-refractivity contribution < 1.29 is 9.53 Å². The first-order valence-electron chi connectivity index (χ1n) is 9.47. The van der Waals surface area contributed by atoms with Crippen LogP contribution < -0.4 is 20.5 Å². The minimum Gasteiger partial charge on any atom is -0.494 e. The fourth-order valence-corrected chi connectivity index (χ4v) is 3.04. The summed E-state index contributed by atoms with van der Waals surface area (Å²) in [5, 5.41) is 7.06. The van der Waals surface area contributed by atoms with Crippen LogP contribution in [-0.2, 0) is 0 Å². The average molecular weight is 392 g/mol. The standard InChI is InChI=1S/C22H24N4O3/c1-4-25(5-2)17-13-11-16(12-14-17)23-22(28)21-19(29-3)15-20(27)26(24-21)18-9-7-6-8-10-18/h6-15H,4-5H2,1-3H3,(H,23,28). The zero-order valence-corrected chi connectivity index (χ0v) is 16.8. The van der Waals surface area contributed by atoms with Crippen molar-refractivity contribution in [2.75, 3.05) is 30.4 Å². The van der Waals surface area contributed by atoms with E-state index in [1.54, 1.807) is 24.3 Å². The Morgan fingerprint density at radius 2 is 1.72 bits per heavy atom. The molecule has 3 rings (SSSR count). The second-order valence-electron chi connectivity index (χ2n) is 6.32. The molecule has 7 heteroatoms. The fourth-order valence-electron chi connectivity index (χ4n) is 3.04. The van der Waals surface area contributed by atoms with Crippen molar-refractivity contribution in [1.29, 1.82) is 0 Å². The van der Waals surface area contributed by atoms with E-state index in [1.165, 1.54) is 17.9 Å². The van der Waals surface area contributed by atoms with Gasteiger partial charge in [0.15, 0.2) is 11.4 Å². The van der Waals surface area contributed by atoms with Crippen molar-refractivity contribution in [2.45, 2.75) is 13.8 Å². The van der Waals surface area contributed by atoms with Gasteiger partial charge in [0.25, 0.3) is 11.5 Å². The Kier molecular flexibility index (Phi) is 6.29. The van der Waals surface area contributed by atoms with Crippen molar-refractivity contribution in [3.63, 3.8) is 0 Å². The van der Waals surface area contributed by atoms with Crippen LogP contribution in [0.15, 0.2) is 65.5 Å². The Hall–Kier alpha value is -3.61. The van der Waals surface area contributed by atoms with E-state index in [-0.39, 0.29) is 17.0 Å². The van der Waals surface area contributed by atoms with Crippen molar-refractivity contribution in [1.82, 2.24) is 9.78 Å². The molecule has 0 radical (unpaired) electrons. The van der Waals surface area contributed by atoms with Gasteiger partial charge in [0.1, 0.15) is 0 Å². The molecule has 1 aromatic heterocycles. The lowest BCUT2D eigenvalue weighted by Gasteiger charge is -2.21. The molecule has 0 unspecified atom stereocenters. The molecule has 0 fully saturated rings. The number of nitrogens with one attached hydrogen (secondary N) is 1. The largest absolute Gasteiger partial charge is 0.494 e. The second-order valence-corrected chi connectivity index (χ2v) is 6.32. The van der Waals surface area contributed by atoms with Crippen LogP contribution in [0.2, 0.25) is 0 Å². The lowest BCUT2D eigenvalue weighted by atomic mass is 10.2. The number of nitrogens with zero attached hydrogens (tertiary/aromatic N) is 3. The van der Waals surface area contributed by atoms with E-state index in [9.17, 15) is 9.59 Å². The van der Waals surface area contributed by atoms with Crippen LogP contribution in [0.4, 0.5) is 11.4 Å². The normalized spacial score (nSPS) is 10.4. The van der Waals surface area contributed by atoms with Gasteiger partial charge in [-0.3, -0.25) is 9.59 Å². The Morgan fingerprint density at radius 1 is 1.07 bits per heavy atom. The van der Waals surface area contributed by atoms with E-state index in [0.717, 1.165) is 18.8 Å². The molecule has 1 heterocycles. The van der Waals surface area contributed by atoms with Gasteiger partial charge in [-0.2, -0.15) is 9.78 Å². The van der Waals surface area contributed by atoms with Gasteiger partial charge >= 0.3 is 0 Å². The van der Waals surface area contributed by atoms with Gasteiger partial charge in [0.2, 0.25) is 0 Å². The highest BCUT2D eigenvalue weighted by Crippen LogP contribution is 2.20. The first-order chi connectivity index (χ1) is 14.1. The number of ether oxygens (including phenoxy) is 1. The highest BCUT2D eigenvalue weighted by molar-refractivity contribution is 6.04. The topological polar surface area (TPSA) is 76.5 Å². The molecule has 0 bridgehead atoms. The summed E-state index contributed by atoms with van der Waals surface area (Å²) in [4.78, 5) is 27.4. The first-order valence-corrected chi connectivity index (χ1v) is 9.47. The third kappa shape index (κ3) is 4.45. The Bertz CT molecular complexity index is 1030. The number of para-hydroxylation sites is 1. The van der Waals surface area contributed by atoms with Crippen LogP contribution >= 0.6 is 0 Å². The molecule has 150 valence electrons. The summed E-state index contributed by atoms with van der Waals surface area (Å²) in [7, 11) is 1.40. The molecule has 1 N–H and O–H groups in total. The van der Waals surface area contributed by atoms with E-state index in [1.807, 2.05) is 30.3 Å². The van der Waals surface area contributed by atoms with Gasteiger partial charge in [-0.1, -0.05) is 18.2 Å². The molecule has 0 atom stereocenters. The number of amides is 1. The molecule has 0 aliphatic carbocycles. The number of hydrogen-bond donors (Lipinski definition) is 1. The first kappa shape index (κ1) is 20.1. The summed E-state index contributed by atoms with van der Waals surface area (Å²) in [6.07, 6.45) is 0. The maximum absolute atomic E-state index is 12.8. The molecule has 0 saturated carbocycles. The number of rotatable bonds is 7. The van der Waals surface area contributed by atoms with Crippen LogP contribution in [-0.4, -0.2) is 35.9 Å². The molecule has 7 nitrogen and oxygen atoms in total. The highest BCUT2D eigenvalue weighted by atomic mass is 16.5. The van der Waals surface area contributed by atoms with Crippen molar-refractivity contribution >= 4 is 17.3 Å². The smallest absolute Gasteiger partial charge is 0.279 e. The summed E-state index contributed by atoms with van der Waals surface area (Å²) >= 11 is 0. The number of benzene rings is 2. The molecule has 0 saturated heterocycles. The van der Waals surface area contributed by atoms with Crippen LogP contribution in [0.1, 0.15) is 24.3 Å². The third-order valence-electron chi connectivity index (χ3n) is 4.59. The van der Waals surface area contributed by atoms with Crippen molar-refractivity contribution in [3.8, 4) is 11.4 Å². The van der Waals surface area contributed by atoms with E-state index in [2.05, 4.69) is 29.2 Å². The number of aromatic nitrogens is 2. The molecule has 1 amide bonds. The minimum absolute atomic E-state index is 0.0313. The lowest BCUT2D eigenvalue weighted by Crippen LogP contribution is -2.26. The van der Waals surface area contributed by atoms with E-state index in [0.29, 0.717) is 11.4 Å². The maximum Gasteiger partial charge on any atom is 0.279 e. The second kappa shape index (κ2) is 9.05. The summed E-state index contributed by atoms with van der Waals surface area (Å²) < 4.78 is 6.39. The van der Waals surface area contributed by atoms with Gasteiger partial charge < -0.3 is 15.0 Å². The zero-order chi connectivity index (χ0) is 20.8. The SMILES string of the molecule is CCN(CC)c1ccc(NC(=O)c2nn(-c3ccccc3)c(=O)cc2OC)cc1. The molecular formula is C22H24N4O3. The quantitative estimate of drug-likeness (QED) is 0.667. The third-order valence-corrected chi connectivity index (χ3v) is 4.59. The fraction of sp³-hybridized carbons (Fsp3) is 0.227. The molecule has 0 aliphatic heterocycles. The summed E-state index contributed by atoms with van der Waals surface area (Å²) in [6, 6.07) is 17.8. The Balaban J connectivity index is 1.89. The monoisotopic (exact) mass is 392 g/mol. The van der Waals surface area contributed by atoms with Gasteiger partial charge in [-0.25, -0.2) is 0 Å². The highest BCUT2D eigenvalue weighted by Gasteiger charge is 2.18. The van der Waals surface area contributed by atoms with E-state index in [4.69, 9.17) is 4.74 Å². The van der Waals surface area contributed by atoms with Crippen molar-refractivity contribution in [3.05, 3.63) is 76.7 Å². The van der Waals surface area contributed by atoms with Crippen LogP contribution in [0.25, 0.3) is 5.69 Å². The number of hydrogen-bond acceptors (Lipinski definition) is 5. The number of carbonyl (C=O) groups excluding carboxylic acids is 1. The van der Waals surface area contributed by atoms with Crippen LogP contribution in [0.5, 0.6) is 5.75 Å². The number of methoxy groups -OCH3 is 1. The predicted molar refractivity (Wildman–Crippen MR) is 114 cm³/mol. The average Bonchev–Trinajstić information content (AvgIpc) is 2.76. The predicted octanol–water partition coefficient (Wildman–Crippen LogP) is 3.34. The van der Waals surface area contributed by atoms with Crippen molar-refractivity contribution in [2.24, 2.45) is 0 Å². The number of carbonyl (C=O) groups is 1. The molecular weight excluding hydrogens is 368 g/mol. The minimum atomic E-state index is -0.456.